The Kier molecular flexibility index (Phi) is 2.46. The predicted octanol–water partition coefficient (Wildman–Crippen LogP) is 2.23. The zero-order valence-electron chi connectivity index (χ0n) is 11.2. The first kappa shape index (κ1) is 12.2. The zero-order valence-corrected chi connectivity index (χ0v) is 11.2. The highest BCUT2D eigenvalue weighted by Crippen LogP contribution is 2.46. The summed E-state index contributed by atoms with van der Waals surface area (Å²) in [6, 6.07) is 0. The molecule has 19 heavy (non-hydrogen) atoms. The van der Waals surface area contributed by atoms with Crippen LogP contribution in [0.1, 0.15) is 27.2 Å². The van der Waals surface area contributed by atoms with Gasteiger partial charge in [0.25, 0.3) is 0 Å². The summed E-state index contributed by atoms with van der Waals surface area (Å²) in [6.45, 7) is 5.84. The lowest BCUT2D eigenvalue weighted by Crippen LogP contribution is -2.35. The van der Waals surface area contributed by atoms with Crippen molar-refractivity contribution in [3.8, 4) is 0 Å². The van der Waals surface area contributed by atoms with Gasteiger partial charge in [0.15, 0.2) is 11.5 Å². The van der Waals surface area contributed by atoms with Crippen molar-refractivity contribution in [1.29, 1.82) is 0 Å². The fraction of sp³-hybridized carbons (Fsp3) is 0.467. The van der Waals surface area contributed by atoms with Gasteiger partial charge in [-0.3, -0.25) is 9.59 Å². The fourth-order valence-corrected chi connectivity index (χ4v) is 3.20. The van der Waals surface area contributed by atoms with Crippen LogP contribution < -0.4 is 0 Å². The molecule has 1 aliphatic heterocycles. The van der Waals surface area contributed by atoms with Crippen molar-refractivity contribution < 1.29 is 19.4 Å². The van der Waals surface area contributed by atoms with Crippen LogP contribution in [-0.4, -0.2) is 23.3 Å². The first-order valence-electron chi connectivity index (χ1n) is 6.53. The third-order valence-corrected chi connectivity index (χ3v) is 4.17. The highest BCUT2D eigenvalue weighted by molar-refractivity contribution is 6.12. The minimum absolute atomic E-state index is 0.00236. The van der Waals surface area contributed by atoms with E-state index in [0.717, 1.165) is 0 Å². The van der Waals surface area contributed by atoms with E-state index in [2.05, 4.69) is 0 Å². The molecule has 0 fully saturated rings. The molecule has 2 aliphatic carbocycles. The Bertz CT molecular complexity index is 604. The molecule has 2 unspecified atom stereocenters. The molecule has 0 spiro atoms. The van der Waals surface area contributed by atoms with Gasteiger partial charge in [0.1, 0.15) is 5.76 Å². The highest BCUT2D eigenvalue weighted by atomic mass is 16.5. The standard InChI is InChI=1S/C15H16O4/c1-6-4-9(16)10-7(2)5-19-15-8(3)13(17)14(18)11(6)12(10)15/h6-7,18H,4-5H2,1-3H3. The molecule has 3 aliphatic rings. The van der Waals surface area contributed by atoms with Gasteiger partial charge in [-0.2, -0.15) is 0 Å². The van der Waals surface area contributed by atoms with Gasteiger partial charge < -0.3 is 9.84 Å². The van der Waals surface area contributed by atoms with E-state index in [9.17, 15) is 14.7 Å². The molecule has 4 nitrogen and oxygen atoms in total. The average Bonchev–Trinajstić information content (AvgIpc) is 2.35. The molecule has 0 bridgehead atoms. The maximum absolute atomic E-state index is 12.3. The summed E-state index contributed by atoms with van der Waals surface area (Å²) in [7, 11) is 0. The van der Waals surface area contributed by atoms with E-state index >= 15 is 0 Å². The van der Waals surface area contributed by atoms with Gasteiger partial charge in [-0.25, -0.2) is 0 Å². The predicted molar refractivity (Wildman–Crippen MR) is 68.3 cm³/mol. The number of allylic oxidation sites excluding steroid dienone is 2. The highest BCUT2D eigenvalue weighted by Gasteiger charge is 2.43. The van der Waals surface area contributed by atoms with Gasteiger partial charge in [-0.1, -0.05) is 13.8 Å². The summed E-state index contributed by atoms with van der Waals surface area (Å²) < 4.78 is 5.66. The van der Waals surface area contributed by atoms with Gasteiger partial charge in [-0.05, 0) is 12.8 Å². The number of aliphatic hydroxyl groups excluding tert-OH is 1. The Labute approximate surface area is 111 Å². The van der Waals surface area contributed by atoms with Crippen molar-refractivity contribution in [2.24, 2.45) is 11.8 Å². The number of carbonyl (C=O) groups excluding carboxylic acids is 2. The van der Waals surface area contributed by atoms with E-state index < -0.39 is 0 Å². The van der Waals surface area contributed by atoms with Crippen molar-refractivity contribution >= 4 is 11.6 Å². The summed E-state index contributed by atoms with van der Waals surface area (Å²) in [5.41, 5.74) is 2.37. The number of aliphatic hydroxyl groups is 1. The van der Waals surface area contributed by atoms with Crippen molar-refractivity contribution in [2.45, 2.75) is 27.2 Å². The maximum Gasteiger partial charge on any atom is 0.227 e. The summed E-state index contributed by atoms with van der Waals surface area (Å²) in [5, 5.41) is 10.1. The van der Waals surface area contributed by atoms with Gasteiger partial charge in [0.2, 0.25) is 5.78 Å². The molecule has 0 aromatic heterocycles. The Morgan fingerprint density at radius 2 is 1.84 bits per heavy atom. The van der Waals surface area contributed by atoms with E-state index in [4.69, 9.17) is 4.74 Å². The number of ketones is 2. The van der Waals surface area contributed by atoms with Crippen molar-refractivity contribution in [3.63, 3.8) is 0 Å². The second kappa shape index (κ2) is 3.83. The Morgan fingerprint density at radius 3 is 2.53 bits per heavy atom. The summed E-state index contributed by atoms with van der Waals surface area (Å²) in [6.07, 6.45) is 0.349. The molecule has 1 N–H and O–H groups in total. The van der Waals surface area contributed by atoms with E-state index in [1.165, 1.54) is 0 Å². The van der Waals surface area contributed by atoms with Crippen LogP contribution >= 0.6 is 0 Å². The first-order valence-corrected chi connectivity index (χ1v) is 6.53. The lowest BCUT2D eigenvalue weighted by molar-refractivity contribution is -0.118. The maximum atomic E-state index is 12.3. The summed E-state index contributed by atoms with van der Waals surface area (Å²) >= 11 is 0. The lowest BCUT2D eigenvalue weighted by atomic mass is 9.71. The van der Waals surface area contributed by atoms with Crippen LogP contribution in [0.15, 0.2) is 33.8 Å². The molecule has 0 radical (unpaired) electrons. The molecule has 0 amide bonds. The van der Waals surface area contributed by atoms with Crippen molar-refractivity contribution in [1.82, 2.24) is 0 Å². The number of Topliss-reactive ketones (excluding diaryl/α,β-unsaturated/α-hetero) is 2. The van der Waals surface area contributed by atoms with Crippen LogP contribution in [0.25, 0.3) is 0 Å². The van der Waals surface area contributed by atoms with Crippen molar-refractivity contribution in [2.75, 3.05) is 6.61 Å². The van der Waals surface area contributed by atoms with Crippen molar-refractivity contribution in [3.05, 3.63) is 33.8 Å². The third-order valence-electron chi connectivity index (χ3n) is 4.17. The second-order valence-corrected chi connectivity index (χ2v) is 5.57. The van der Waals surface area contributed by atoms with E-state index in [0.29, 0.717) is 41.1 Å². The Balaban J connectivity index is 2.37. The van der Waals surface area contributed by atoms with E-state index in [-0.39, 0.29) is 29.2 Å². The first-order chi connectivity index (χ1) is 8.93. The molecule has 0 aromatic carbocycles. The third kappa shape index (κ3) is 1.46. The second-order valence-electron chi connectivity index (χ2n) is 5.57. The largest absolute Gasteiger partial charge is 0.504 e. The summed E-state index contributed by atoms with van der Waals surface area (Å²) in [5.74, 6) is -0.148. The number of ether oxygens (including phenoxy) is 1. The number of carbonyl (C=O) groups is 2. The molecular formula is C15H16O4. The molecule has 2 atom stereocenters. The Hall–Kier alpha value is -1.84. The van der Waals surface area contributed by atoms with Gasteiger partial charge in [0, 0.05) is 34.6 Å². The van der Waals surface area contributed by atoms with Crippen LogP contribution in [0.2, 0.25) is 0 Å². The van der Waals surface area contributed by atoms with Crippen LogP contribution in [0, 0.1) is 11.8 Å². The zero-order chi connectivity index (χ0) is 13.9. The topological polar surface area (TPSA) is 63.6 Å². The molecule has 0 saturated heterocycles. The smallest absolute Gasteiger partial charge is 0.227 e. The van der Waals surface area contributed by atoms with Crippen LogP contribution in [0.4, 0.5) is 0 Å². The molecule has 3 rings (SSSR count). The Morgan fingerprint density at radius 1 is 1.16 bits per heavy atom. The van der Waals surface area contributed by atoms with Gasteiger partial charge in [-0.15, -0.1) is 0 Å². The summed E-state index contributed by atoms with van der Waals surface area (Å²) in [4.78, 5) is 24.3. The fourth-order valence-electron chi connectivity index (χ4n) is 3.20. The SMILES string of the molecule is CC1=C2OCC(C)C3=C2C(=C(O)C1=O)C(C)CC3=O. The van der Waals surface area contributed by atoms with Crippen LogP contribution in [-0.2, 0) is 14.3 Å². The van der Waals surface area contributed by atoms with Crippen LogP contribution in [0.3, 0.4) is 0 Å². The molecule has 4 heteroatoms. The van der Waals surface area contributed by atoms with E-state index in [1.807, 2.05) is 13.8 Å². The monoisotopic (exact) mass is 260 g/mol. The van der Waals surface area contributed by atoms with Gasteiger partial charge in [0.05, 0.1) is 6.61 Å². The molecular weight excluding hydrogens is 244 g/mol. The quantitative estimate of drug-likeness (QED) is 0.725. The molecule has 0 aromatic rings. The lowest BCUT2D eigenvalue weighted by Gasteiger charge is -2.37. The minimum atomic E-state index is -0.385. The van der Waals surface area contributed by atoms with E-state index in [1.54, 1.807) is 6.92 Å². The average molecular weight is 260 g/mol. The minimum Gasteiger partial charge on any atom is -0.504 e. The van der Waals surface area contributed by atoms with Crippen LogP contribution in [0.5, 0.6) is 0 Å². The number of hydrogen-bond acceptors (Lipinski definition) is 4. The molecule has 0 saturated carbocycles. The molecule has 1 heterocycles. The number of hydrogen-bond donors (Lipinski definition) is 1. The normalized spacial score (nSPS) is 30.7. The molecule has 100 valence electrons. The number of rotatable bonds is 0. The van der Waals surface area contributed by atoms with Gasteiger partial charge >= 0.3 is 0 Å².